The summed E-state index contributed by atoms with van der Waals surface area (Å²) >= 11 is 1.53. The van der Waals surface area contributed by atoms with Crippen molar-refractivity contribution in [2.45, 2.75) is 32.1 Å². The molecule has 1 aromatic heterocycles. The van der Waals surface area contributed by atoms with E-state index in [0.29, 0.717) is 12.5 Å². The van der Waals surface area contributed by atoms with Crippen LogP contribution in [0.15, 0.2) is 0 Å². The zero-order valence-corrected chi connectivity index (χ0v) is 10.0. The highest BCUT2D eigenvalue weighted by Gasteiger charge is 2.28. The lowest BCUT2D eigenvalue weighted by Gasteiger charge is -2.17. The van der Waals surface area contributed by atoms with Gasteiger partial charge in [0.15, 0.2) is 0 Å². The molecule has 1 aromatic rings. The summed E-state index contributed by atoms with van der Waals surface area (Å²) < 4.78 is 0. The highest BCUT2D eigenvalue weighted by Crippen LogP contribution is 2.42. The van der Waals surface area contributed by atoms with Crippen LogP contribution in [0.5, 0.6) is 0 Å². The van der Waals surface area contributed by atoms with Crippen LogP contribution >= 0.6 is 11.3 Å². The average Bonchev–Trinajstić information content (AvgIpc) is 2.96. The van der Waals surface area contributed by atoms with Crippen LogP contribution in [0.25, 0.3) is 0 Å². The zero-order chi connectivity index (χ0) is 11.5. The SMILES string of the molecule is CCCN(CC(=O)O)c1nnc(C2CC2)s1. The summed E-state index contributed by atoms with van der Waals surface area (Å²) in [6.07, 6.45) is 3.30. The van der Waals surface area contributed by atoms with Crippen molar-refractivity contribution in [1.82, 2.24) is 10.2 Å². The van der Waals surface area contributed by atoms with E-state index >= 15 is 0 Å². The minimum Gasteiger partial charge on any atom is -0.480 e. The van der Waals surface area contributed by atoms with E-state index in [9.17, 15) is 4.79 Å². The molecule has 16 heavy (non-hydrogen) atoms. The lowest BCUT2D eigenvalue weighted by Crippen LogP contribution is -2.30. The summed E-state index contributed by atoms with van der Waals surface area (Å²) in [6.45, 7) is 2.75. The van der Waals surface area contributed by atoms with Crippen LogP contribution in [0.1, 0.15) is 37.1 Å². The lowest BCUT2D eigenvalue weighted by molar-refractivity contribution is -0.135. The first-order chi connectivity index (χ1) is 7.70. The fourth-order valence-electron chi connectivity index (χ4n) is 1.52. The van der Waals surface area contributed by atoms with Crippen LogP contribution < -0.4 is 4.90 Å². The molecule has 0 bridgehead atoms. The summed E-state index contributed by atoms with van der Waals surface area (Å²) in [4.78, 5) is 12.5. The van der Waals surface area contributed by atoms with E-state index in [4.69, 9.17) is 5.11 Å². The van der Waals surface area contributed by atoms with E-state index < -0.39 is 5.97 Å². The summed E-state index contributed by atoms with van der Waals surface area (Å²) in [7, 11) is 0. The Kier molecular flexibility index (Phi) is 3.38. The monoisotopic (exact) mass is 241 g/mol. The van der Waals surface area contributed by atoms with E-state index in [-0.39, 0.29) is 6.54 Å². The molecule has 1 heterocycles. The van der Waals surface area contributed by atoms with Crippen molar-refractivity contribution < 1.29 is 9.90 Å². The Morgan fingerprint density at radius 2 is 2.31 bits per heavy atom. The van der Waals surface area contributed by atoms with Crippen molar-refractivity contribution in [3.05, 3.63) is 5.01 Å². The van der Waals surface area contributed by atoms with Gasteiger partial charge in [0.25, 0.3) is 0 Å². The second kappa shape index (κ2) is 4.78. The number of hydrogen-bond acceptors (Lipinski definition) is 5. The van der Waals surface area contributed by atoms with Crippen molar-refractivity contribution in [3.63, 3.8) is 0 Å². The zero-order valence-electron chi connectivity index (χ0n) is 9.22. The number of aliphatic carboxylic acids is 1. The molecule has 0 radical (unpaired) electrons. The molecule has 0 saturated heterocycles. The third-order valence-corrected chi connectivity index (χ3v) is 3.59. The highest BCUT2D eigenvalue weighted by molar-refractivity contribution is 7.15. The summed E-state index contributed by atoms with van der Waals surface area (Å²) in [5, 5.41) is 18.8. The fraction of sp³-hybridized carbons (Fsp3) is 0.700. The van der Waals surface area contributed by atoms with Crippen LogP contribution in [0.3, 0.4) is 0 Å². The van der Waals surface area contributed by atoms with E-state index in [0.717, 1.165) is 16.6 Å². The van der Waals surface area contributed by atoms with Crippen LogP contribution in [0.2, 0.25) is 0 Å². The number of hydrogen-bond donors (Lipinski definition) is 1. The molecule has 0 aliphatic heterocycles. The molecular weight excluding hydrogens is 226 g/mol. The largest absolute Gasteiger partial charge is 0.480 e. The molecule has 0 spiro atoms. The van der Waals surface area contributed by atoms with Crippen LogP contribution in [0, 0.1) is 0 Å². The van der Waals surface area contributed by atoms with E-state index in [1.807, 2.05) is 6.92 Å². The molecule has 0 unspecified atom stereocenters. The quantitative estimate of drug-likeness (QED) is 0.821. The van der Waals surface area contributed by atoms with Gasteiger partial charge in [0, 0.05) is 12.5 Å². The van der Waals surface area contributed by atoms with Crippen LogP contribution in [0.4, 0.5) is 5.13 Å². The molecule has 1 aliphatic rings. The normalized spacial score (nSPS) is 15.1. The molecule has 6 heteroatoms. The smallest absolute Gasteiger partial charge is 0.323 e. The maximum atomic E-state index is 10.7. The van der Waals surface area contributed by atoms with E-state index in [1.54, 1.807) is 4.90 Å². The number of nitrogens with zero attached hydrogens (tertiary/aromatic N) is 3. The topological polar surface area (TPSA) is 66.3 Å². The predicted molar refractivity (Wildman–Crippen MR) is 62.0 cm³/mol. The number of aromatic nitrogens is 2. The molecule has 5 nitrogen and oxygen atoms in total. The summed E-state index contributed by atoms with van der Waals surface area (Å²) in [5.41, 5.74) is 0. The number of anilines is 1. The molecule has 0 amide bonds. The molecular formula is C10H15N3O2S. The fourth-order valence-corrected chi connectivity index (χ4v) is 2.56. The van der Waals surface area contributed by atoms with Gasteiger partial charge in [0.05, 0.1) is 0 Å². The van der Waals surface area contributed by atoms with Crippen molar-refractivity contribution in [3.8, 4) is 0 Å². The predicted octanol–water partition coefficient (Wildman–Crippen LogP) is 1.72. The molecule has 1 saturated carbocycles. The Balaban J connectivity index is 2.06. The first kappa shape index (κ1) is 11.3. The molecule has 88 valence electrons. The maximum Gasteiger partial charge on any atom is 0.323 e. The van der Waals surface area contributed by atoms with E-state index in [2.05, 4.69) is 10.2 Å². The second-order valence-electron chi connectivity index (χ2n) is 4.01. The lowest BCUT2D eigenvalue weighted by atomic mass is 10.4. The standard InChI is InChI=1S/C10H15N3O2S/c1-2-5-13(6-8(14)15)10-12-11-9(16-10)7-3-4-7/h7H,2-6H2,1H3,(H,14,15). The third kappa shape index (κ3) is 2.69. The molecule has 1 aliphatic carbocycles. The van der Waals surface area contributed by atoms with Crippen molar-refractivity contribution in [1.29, 1.82) is 0 Å². The van der Waals surface area contributed by atoms with Crippen LogP contribution in [-0.4, -0.2) is 34.4 Å². The molecule has 0 atom stereocenters. The van der Waals surface area contributed by atoms with Crippen molar-refractivity contribution in [2.75, 3.05) is 18.0 Å². The van der Waals surface area contributed by atoms with Gasteiger partial charge in [-0.2, -0.15) is 0 Å². The van der Waals surface area contributed by atoms with Gasteiger partial charge in [-0.25, -0.2) is 0 Å². The van der Waals surface area contributed by atoms with Gasteiger partial charge in [0.2, 0.25) is 5.13 Å². The Hall–Kier alpha value is -1.17. The molecule has 1 N–H and O–H groups in total. The van der Waals surface area contributed by atoms with Gasteiger partial charge in [-0.05, 0) is 19.3 Å². The first-order valence-corrected chi connectivity index (χ1v) is 6.32. The van der Waals surface area contributed by atoms with Crippen molar-refractivity contribution >= 4 is 22.4 Å². The Labute approximate surface area is 98.1 Å². The molecule has 2 rings (SSSR count). The average molecular weight is 241 g/mol. The van der Waals surface area contributed by atoms with Gasteiger partial charge in [-0.1, -0.05) is 18.3 Å². The maximum absolute atomic E-state index is 10.7. The molecule has 0 aromatic carbocycles. The van der Waals surface area contributed by atoms with Gasteiger partial charge in [0.1, 0.15) is 11.6 Å². The summed E-state index contributed by atoms with van der Waals surface area (Å²) in [5.74, 6) is -0.240. The number of carbonyl (C=O) groups is 1. The Morgan fingerprint density at radius 1 is 1.56 bits per heavy atom. The minimum absolute atomic E-state index is 0.00708. The van der Waals surface area contributed by atoms with E-state index in [1.165, 1.54) is 24.2 Å². The Bertz CT molecular complexity index is 376. The molecule has 1 fully saturated rings. The minimum atomic E-state index is -0.823. The highest BCUT2D eigenvalue weighted by atomic mass is 32.1. The van der Waals surface area contributed by atoms with Crippen LogP contribution in [-0.2, 0) is 4.79 Å². The number of carboxylic acid groups (broad SMARTS) is 1. The number of rotatable bonds is 6. The van der Waals surface area contributed by atoms with Crippen molar-refractivity contribution in [2.24, 2.45) is 0 Å². The number of carboxylic acids is 1. The van der Waals surface area contributed by atoms with Gasteiger partial charge in [-0.3, -0.25) is 4.79 Å². The summed E-state index contributed by atoms with van der Waals surface area (Å²) in [6, 6.07) is 0. The third-order valence-electron chi connectivity index (χ3n) is 2.45. The van der Waals surface area contributed by atoms with Gasteiger partial charge >= 0.3 is 5.97 Å². The second-order valence-corrected chi connectivity index (χ2v) is 5.00. The first-order valence-electron chi connectivity index (χ1n) is 5.51. The van der Waals surface area contributed by atoms with Gasteiger partial charge in [-0.15, -0.1) is 10.2 Å². The Morgan fingerprint density at radius 3 is 2.88 bits per heavy atom. The van der Waals surface area contributed by atoms with Gasteiger partial charge < -0.3 is 10.0 Å².